The molecule has 2 aromatic heterocycles. The molecule has 0 radical (unpaired) electrons. The van der Waals surface area contributed by atoms with Gasteiger partial charge >= 0.3 is 12.3 Å². The molecule has 0 aliphatic carbocycles. The van der Waals surface area contributed by atoms with Crippen LogP contribution in [0.3, 0.4) is 0 Å². The topological polar surface area (TPSA) is 75.1 Å². The molecule has 2 rings (SSSR count). The number of pyridine rings is 2. The van der Waals surface area contributed by atoms with Crippen LogP contribution in [0.1, 0.15) is 30.0 Å². The van der Waals surface area contributed by atoms with E-state index in [0.717, 1.165) is 12.3 Å². The first kappa shape index (κ1) is 16.7. The van der Waals surface area contributed by atoms with Crippen molar-refractivity contribution < 1.29 is 23.1 Å². The standard InChI is InChI=1S/C15H14F3N3O2/c1-8-11(3-4-12(20-8)9(2)21-14(22)23)10-5-6-19-13(7-10)15(16,17)18/h3-7,9,21H,1-2H3,(H,22,23). The van der Waals surface area contributed by atoms with E-state index in [-0.39, 0.29) is 0 Å². The number of nitrogens with zero attached hydrogens (tertiary/aromatic N) is 2. The first-order chi connectivity index (χ1) is 10.7. The van der Waals surface area contributed by atoms with Crippen molar-refractivity contribution >= 4 is 6.09 Å². The fourth-order valence-corrected chi connectivity index (χ4v) is 2.14. The zero-order valence-electron chi connectivity index (χ0n) is 12.3. The van der Waals surface area contributed by atoms with Gasteiger partial charge in [0.15, 0.2) is 0 Å². The maximum atomic E-state index is 12.7. The van der Waals surface area contributed by atoms with E-state index in [1.54, 1.807) is 26.0 Å². The molecule has 23 heavy (non-hydrogen) atoms. The summed E-state index contributed by atoms with van der Waals surface area (Å²) in [4.78, 5) is 18.2. The summed E-state index contributed by atoms with van der Waals surface area (Å²) in [5, 5.41) is 11.0. The van der Waals surface area contributed by atoms with Crippen LogP contribution in [-0.2, 0) is 6.18 Å². The second kappa shape index (κ2) is 6.23. The normalized spacial score (nSPS) is 12.7. The van der Waals surface area contributed by atoms with E-state index in [4.69, 9.17) is 5.11 Å². The molecule has 0 bridgehead atoms. The van der Waals surface area contributed by atoms with Gasteiger partial charge in [-0.15, -0.1) is 0 Å². The number of amides is 1. The third-order valence-corrected chi connectivity index (χ3v) is 3.25. The Morgan fingerprint density at radius 3 is 2.57 bits per heavy atom. The Bertz CT molecular complexity index is 732. The van der Waals surface area contributed by atoms with Crippen LogP contribution in [0, 0.1) is 6.92 Å². The number of halogens is 3. The summed E-state index contributed by atoms with van der Waals surface area (Å²) < 4.78 is 38.2. The summed E-state index contributed by atoms with van der Waals surface area (Å²) in [7, 11) is 0. The molecule has 2 N–H and O–H groups in total. The number of aromatic nitrogens is 2. The Hall–Kier alpha value is -2.64. The minimum absolute atomic E-state index is 0.350. The van der Waals surface area contributed by atoms with Crippen molar-refractivity contribution in [3.05, 3.63) is 47.5 Å². The zero-order chi connectivity index (χ0) is 17.2. The van der Waals surface area contributed by atoms with Crippen LogP contribution in [0.5, 0.6) is 0 Å². The van der Waals surface area contributed by atoms with E-state index >= 15 is 0 Å². The van der Waals surface area contributed by atoms with Crippen LogP contribution in [0.4, 0.5) is 18.0 Å². The number of carbonyl (C=O) groups is 1. The van der Waals surface area contributed by atoms with Gasteiger partial charge in [0.2, 0.25) is 0 Å². The van der Waals surface area contributed by atoms with Crippen molar-refractivity contribution in [1.29, 1.82) is 0 Å². The van der Waals surface area contributed by atoms with E-state index < -0.39 is 24.0 Å². The molecular weight excluding hydrogens is 311 g/mol. The highest BCUT2D eigenvalue weighted by Crippen LogP contribution is 2.31. The molecule has 0 aliphatic rings. The van der Waals surface area contributed by atoms with Crippen LogP contribution in [0.15, 0.2) is 30.5 Å². The minimum atomic E-state index is -4.52. The molecule has 1 amide bonds. The number of aryl methyl sites for hydroxylation is 1. The molecule has 5 nitrogen and oxygen atoms in total. The molecule has 8 heteroatoms. The second-order valence-electron chi connectivity index (χ2n) is 4.97. The SMILES string of the molecule is Cc1nc(C(C)NC(=O)O)ccc1-c1ccnc(C(F)(F)F)c1. The van der Waals surface area contributed by atoms with Crippen LogP contribution >= 0.6 is 0 Å². The summed E-state index contributed by atoms with van der Waals surface area (Å²) in [5.74, 6) is 0. The molecule has 122 valence electrons. The smallest absolute Gasteiger partial charge is 0.433 e. The lowest BCUT2D eigenvalue weighted by atomic mass is 10.0. The summed E-state index contributed by atoms with van der Waals surface area (Å²) in [6, 6.07) is 5.10. The third kappa shape index (κ3) is 3.97. The van der Waals surface area contributed by atoms with E-state index in [1.807, 2.05) is 0 Å². The average molecular weight is 325 g/mol. The first-order valence-corrected chi connectivity index (χ1v) is 6.69. The van der Waals surface area contributed by atoms with Crippen LogP contribution in [-0.4, -0.2) is 21.2 Å². The molecular formula is C15H14F3N3O2. The number of carboxylic acid groups (broad SMARTS) is 1. The van der Waals surface area contributed by atoms with Crippen molar-refractivity contribution in [2.75, 3.05) is 0 Å². The molecule has 0 saturated heterocycles. The Kier molecular flexibility index (Phi) is 4.53. The van der Waals surface area contributed by atoms with Crippen molar-refractivity contribution in [3.8, 4) is 11.1 Å². The molecule has 0 saturated carbocycles. The van der Waals surface area contributed by atoms with Crippen molar-refractivity contribution in [2.24, 2.45) is 0 Å². The van der Waals surface area contributed by atoms with Gasteiger partial charge in [-0.05, 0) is 37.6 Å². The number of nitrogens with one attached hydrogen (secondary N) is 1. The van der Waals surface area contributed by atoms with Gasteiger partial charge in [-0.25, -0.2) is 4.79 Å². The third-order valence-electron chi connectivity index (χ3n) is 3.25. The number of alkyl halides is 3. The largest absolute Gasteiger partial charge is 0.465 e. The highest BCUT2D eigenvalue weighted by atomic mass is 19.4. The van der Waals surface area contributed by atoms with Gasteiger partial charge in [0.25, 0.3) is 0 Å². The fourth-order valence-electron chi connectivity index (χ4n) is 2.14. The molecule has 2 aromatic rings. The van der Waals surface area contributed by atoms with Crippen LogP contribution in [0.25, 0.3) is 11.1 Å². The Morgan fingerprint density at radius 2 is 2.00 bits per heavy atom. The van der Waals surface area contributed by atoms with Gasteiger partial charge in [0.05, 0.1) is 11.7 Å². The van der Waals surface area contributed by atoms with E-state index in [9.17, 15) is 18.0 Å². The molecule has 1 unspecified atom stereocenters. The van der Waals surface area contributed by atoms with Gasteiger partial charge in [-0.2, -0.15) is 13.2 Å². The van der Waals surface area contributed by atoms with E-state index in [0.29, 0.717) is 22.5 Å². The van der Waals surface area contributed by atoms with Gasteiger partial charge < -0.3 is 10.4 Å². The van der Waals surface area contributed by atoms with E-state index in [1.165, 1.54) is 6.07 Å². The highest BCUT2D eigenvalue weighted by Gasteiger charge is 2.32. The molecule has 0 spiro atoms. The van der Waals surface area contributed by atoms with Gasteiger partial charge in [-0.3, -0.25) is 9.97 Å². The molecule has 2 heterocycles. The first-order valence-electron chi connectivity index (χ1n) is 6.69. The molecule has 0 fully saturated rings. The Labute approximate surface area is 130 Å². The number of hydrogen-bond acceptors (Lipinski definition) is 3. The minimum Gasteiger partial charge on any atom is -0.465 e. The lowest BCUT2D eigenvalue weighted by Gasteiger charge is -2.14. The lowest BCUT2D eigenvalue weighted by molar-refractivity contribution is -0.141. The van der Waals surface area contributed by atoms with Crippen molar-refractivity contribution in [2.45, 2.75) is 26.1 Å². The fraction of sp³-hybridized carbons (Fsp3) is 0.267. The molecule has 0 aromatic carbocycles. The predicted molar refractivity (Wildman–Crippen MR) is 76.8 cm³/mol. The molecule has 0 aliphatic heterocycles. The van der Waals surface area contributed by atoms with Gasteiger partial charge in [-0.1, -0.05) is 6.07 Å². The predicted octanol–water partition coefficient (Wildman–Crippen LogP) is 3.80. The monoisotopic (exact) mass is 325 g/mol. The summed E-state index contributed by atoms with van der Waals surface area (Å²) in [5.41, 5.74) is 0.894. The number of rotatable bonds is 3. The maximum Gasteiger partial charge on any atom is 0.433 e. The highest BCUT2D eigenvalue weighted by molar-refractivity contribution is 5.67. The van der Waals surface area contributed by atoms with Gasteiger partial charge in [0, 0.05) is 17.5 Å². The van der Waals surface area contributed by atoms with Crippen LogP contribution in [0.2, 0.25) is 0 Å². The second-order valence-corrected chi connectivity index (χ2v) is 4.97. The van der Waals surface area contributed by atoms with Crippen molar-refractivity contribution in [3.63, 3.8) is 0 Å². The van der Waals surface area contributed by atoms with Crippen LogP contribution < -0.4 is 5.32 Å². The van der Waals surface area contributed by atoms with Crippen molar-refractivity contribution in [1.82, 2.24) is 15.3 Å². The van der Waals surface area contributed by atoms with Gasteiger partial charge in [0.1, 0.15) is 5.69 Å². The Balaban J connectivity index is 2.37. The summed E-state index contributed by atoms with van der Waals surface area (Å²) >= 11 is 0. The summed E-state index contributed by atoms with van der Waals surface area (Å²) in [6.45, 7) is 3.28. The average Bonchev–Trinajstić information content (AvgIpc) is 2.45. The zero-order valence-corrected chi connectivity index (χ0v) is 12.3. The summed E-state index contributed by atoms with van der Waals surface area (Å²) in [6.07, 6.45) is -4.60. The van der Waals surface area contributed by atoms with E-state index in [2.05, 4.69) is 15.3 Å². The maximum absolute atomic E-state index is 12.7. The lowest BCUT2D eigenvalue weighted by Crippen LogP contribution is -2.25. The number of hydrogen-bond donors (Lipinski definition) is 2. The quantitative estimate of drug-likeness (QED) is 0.900. The molecule has 1 atom stereocenters. The Morgan fingerprint density at radius 1 is 1.30 bits per heavy atom.